The maximum Gasteiger partial charge on any atom is 0.325 e. The van der Waals surface area contributed by atoms with Crippen molar-refractivity contribution in [3.05, 3.63) is 38.8 Å². The molecule has 112 valence electrons. The van der Waals surface area contributed by atoms with Crippen LogP contribution in [0.1, 0.15) is 30.9 Å². The molecule has 22 heavy (non-hydrogen) atoms. The number of hydrogen-bond donors (Lipinski definition) is 2. The molecule has 0 aromatic carbocycles. The van der Waals surface area contributed by atoms with Gasteiger partial charge in [-0.3, -0.25) is 9.78 Å². The van der Waals surface area contributed by atoms with Gasteiger partial charge >= 0.3 is 5.69 Å². The van der Waals surface area contributed by atoms with Crippen LogP contribution in [0.2, 0.25) is 0 Å². The van der Waals surface area contributed by atoms with Gasteiger partial charge in [0.15, 0.2) is 5.65 Å². The summed E-state index contributed by atoms with van der Waals surface area (Å²) in [7, 11) is 1.84. The molecule has 0 spiro atoms. The maximum absolute atomic E-state index is 11.9. The predicted octanol–water partition coefficient (Wildman–Crippen LogP) is 0.674. The number of aromatic amines is 2. The van der Waals surface area contributed by atoms with Crippen molar-refractivity contribution in [2.24, 2.45) is 7.05 Å². The highest BCUT2D eigenvalue weighted by atomic mass is 16.2. The monoisotopic (exact) mass is 298 g/mol. The van der Waals surface area contributed by atoms with Gasteiger partial charge < -0.3 is 4.98 Å². The third kappa shape index (κ3) is 1.87. The van der Waals surface area contributed by atoms with Crippen molar-refractivity contribution in [2.75, 3.05) is 0 Å². The Labute approximate surface area is 124 Å². The van der Waals surface area contributed by atoms with E-state index in [2.05, 4.69) is 25.3 Å². The number of nitrogens with zero attached hydrogens (tertiary/aromatic N) is 4. The first-order chi connectivity index (χ1) is 10.6. The van der Waals surface area contributed by atoms with E-state index in [0.29, 0.717) is 17.3 Å². The van der Waals surface area contributed by atoms with Gasteiger partial charge in [-0.2, -0.15) is 5.10 Å². The van der Waals surface area contributed by atoms with Crippen molar-refractivity contribution in [3.8, 4) is 11.3 Å². The van der Waals surface area contributed by atoms with E-state index in [1.165, 1.54) is 12.6 Å². The SMILES string of the molecule is Cn1nc(C2CCC2)c2cc(-c3c[nH]c(=O)[nH]c3=O)nnc21. The van der Waals surface area contributed by atoms with E-state index in [-0.39, 0.29) is 5.56 Å². The molecule has 0 bridgehead atoms. The van der Waals surface area contributed by atoms with Gasteiger partial charge in [0.05, 0.1) is 11.3 Å². The van der Waals surface area contributed by atoms with E-state index in [0.717, 1.165) is 23.9 Å². The van der Waals surface area contributed by atoms with E-state index in [4.69, 9.17) is 0 Å². The van der Waals surface area contributed by atoms with Crippen LogP contribution in [0.25, 0.3) is 22.3 Å². The second-order valence-electron chi connectivity index (χ2n) is 5.59. The van der Waals surface area contributed by atoms with Crippen molar-refractivity contribution >= 4 is 11.0 Å². The Balaban J connectivity index is 1.92. The van der Waals surface area contributed by atoms with Crippen LogP contribution < -0.4 is 11.2 Å². The molecule has 0 amide bonds. The summed E-state index contributed by atoms with van der Waals surface area (Å²) in [6.07, 6.45) is 4.83. The van der Waals surface area contributed by atoms with Crippen LogP contribution in [0, 0.1) is 0 Å². The summed E-state index contributed by atoms with van der Waals surface area (Å²) in [6, 6.07) is 1.83. The van der Waals surface area contributed by atoms with Gasteiger partial charge in [-0.25, -0.2) is 9.48 Å². The molecule has 1 fully saturated rings. The maximum atomic E-state index is 11.9. The van der Waals surface area contributed by atoms with Crippen LogP contribution >= 0.6 is 0 Å². The Bertz CT molecular complexity index is 979. The summed E-state index contributed by atoms with van der Waals surface area (Å²) < 4.78 is 1.72. The molecule has 0 aliphatic heterocycles. The summed E-state index contributed by atoms with van der Waals surface area (Å²) in [5.74, 6) is 0.453. The van der Waals surface area contributed by atoms with Crippen LogP contribution in [-0.4, -0.2) is 29.9 Å². The Kier molecular flexibility index (Phi) is 2.72. The molecule has 4 rings (SSSR count). The molecule has 3 aromatic rings. The van der Waals surface area contributed by atoms with E-state index < -0.39 is 11.2 Å². The van der Waals surface area contributed by atoms with Crippen molar-refractivity contribution in [3.63, 3.8) is 0 Å². The molecule has 2 N–H and O–H groups in total. The summed E-state index contributed by atoms with van der Waals surface area (Å²) in [6.45, 7) is 0. The number of nitrogens with one attached hydrogen (secondary N) is 2. The Morgan fingerprint density at radius 1 is 1.27 bits per heavy atom. The van der Waals surface area contributed by atoms with Crippen molar-refractivity contribution < 1.29 is 0 Å². The minimum Gasteiger partial charge on any atom is -0.313 e. The minimum atomic E-state index is -0.542. The smallest absolute Gasteiger partial charge is 0.313 e. The number of hydrogen-bond acceptors (Lipinski definition) is 5. The fraction of sp³-hybridized carbons (Fsp3) is 0.357. The number of fused-ring (bicyclic) bond motifs is 1. The first-order valence-corrected chi connectivity index (χ1v) is 7.16. The Morgan fingerprint density at radius 2 is 2.09 bits per heavy atom. The molecular weight excluding hydrogens is 284 g/mol. The average molecular weight is 298 g/mol. The molecule has 0 atom stereocenters. The van der Waals surface area contributed by atoms with Crippen LogP contribution in [-0.2, 0) is 7.05 Å². The minimum absolute atomic E-state index is 0.289. The van der Waals surface area contributed by atoms with E-state index in [9.17, 15) is 9.59 Å². The fourth-order valence-electron chi connectivity index (χ4n) is 2.79. The quantitative estimate of drug-likeness (QED) is 0.723. The van der Waals surface area contributed by atoms with Crippen LogP contribution in [0.15, 0.2) is 21.9 Å². The van der Waals surface area contributed by atoms with Gasteiger partial charge in [0.2, 0.25) is 0 Å². The number of aromatic nitrogens is 6. The van der Waals surface area contributed by atoms with Gasteiger partial charge in [0.25, 0.3) is 5.56 Å². The number of rotatable bonds is 2. The van der Waals surface area contributed by atoms with Gasteiger partial charge in [0, 0.05) is 24.5 Å². The van der Waals surface area contributed by atoms with E-state index in [1.54, 1.807) is 4.68 Å². The first-order valence-electron chi connectivity index (χ1n) is 7.16. The molecule has 3 heterocycles. The van der Waals surface area contributed by atoms with Gasteiger partial charge in [0.1, 0.15) is 5.69 Å². The highest BCUT2D eigenvalue weighted by Crippen LogP contribution is 2.38. The first kappa shape index (κ1) is 12.9. The molecule has 3 aromatic heterocycles. The van der Waals surface area contributed by atoms with Crippen molar-refractivity contribution in [1.29, 1.82) is 0 Å². The molecule has 8 nitrogen and oxygen atoms in total. The van der Waals surface area contributed by atoms with Crippen LogP contribution in [0.5, 0.6) is 0 Å². The summed E-state index contributed by atoms with van der Waals surface area (Å²) in [4.78, 5) is 27.7. The summed E-state index contributed by atoms with van der Waals surface area (Å²) in [5, 5.41) is 13.8. The summed E-state index contributed by atoms with van der Waals surface area (Å²) in [5.41, 5.74) is 1.41. The zero-order valence-corrected chi connectivity index (χ0v) is 12.0. The third-order valence-corrected chi connectivity index (χ3v) is 4.20. The van der Waals surface area contributed by atoms with Crippen LogP contribution in [0.3, 0.4) is 0 Å². The topological polar surface area (TPSA) is 109 Å². The van der Waals surface area contributed by atoms with Gasteiger partial charge in [-0.05, 0) is 18.9 Å². The van der Waals surface area contributed by atoms with Crippen molar-refractivity contribution in [2.45, 2.75) is 25.2 Å². The van der Waals surface area contributed by atoms with E-state index in [1.807, 2.05) is 13.1 Å². The fourth-order valence-corrected chi connectivity index (χ4v) is 2.79. The van der Waals surface area contributed by atoms with Crippen LogP contribution in [0.4, 0.5) is 0 Å². The van der Waals surface area contributed by atoms with Gasteiger partial charge in [-0.1, -0.05) is 6.42 Å². The lowest BCUT2D eigenvalue weighted by Gasteiger charge is -2.23. The average Bonchev–Trinajstić information content (AvgIpc) is 2.74. The molecule has 0 saturated heterocycles. The third-order valence-electron chi connectivity index (χ3n) is 4.20. The zero-order valence-electron chi connectivity index (χ0n) is 12.0. The predicted molar refractivity (Wildman–Crippen MR) is 79.6 cm³/mol. The highest BCUT2D eigenvalue weighted by molar-refractivity contribution is 5.82. The van der Waals surface area contributed by atoms with Gasteiger partial charge in [-0.15, -0.1) is 10.2 Å². The largest absolute Gasteiger partial charge is 0.325 e. The second kappa shape index (κ2) is 4.62. The standard InChI is InChI=1S/C14H14N6O2/c1-20-12-8(11(19-20)7-3-2-4-7)5-10(17-18-12)9-6-15-14(22)16-13(9)21/h5-7H,2-4H2,1H3,(H2,15,16,21,22). The lowest BCUT2D eigenvalue weighted by molar-refractivity contribution is 0.410. The molecule has 1 aliphatic carbocycles. The molecule has 1 saturated carbocycles. The molecule has 1 aliphatic rings. The van der Waals surface area contributed by atoms with E-state index >= 15 is 0 Å². The zero-order chi connectivity index (χ0) is 15.3. The molecule has 0 radical (unpaired) electrons. The number of aryl methyl sites for hydroxylation is 1. The Hall–Kier alpha value is -2.77. The second-order valence-corrected chi connectivity index (χ2v) is 5.59. The molecular formula is C14H14N6O2. The normalized spacial score (nSPS) is 15.1. The molecule has 0 unspecified atom stereocenters. The Morgan fingerprint density at radius 3 is 2.77 bits per heavy atom. The summed E-state index contributed by atoms with van der Waals surface area (Å²) >= 11 is 0. The number of H-pyrrole nitrogens is 2. The molecule has 8 heteroatoms. The van der Waals surface area contributed by atoms with Crippen molar-refractivity contribution in [1.82, 2.24) is 29.9 Å². The highest BCUT2D eigenvalue weighted by Gasteiger charge is 2.26. The lowest BCUT2D eigenvalue weighted by atomic mass is 9.82. The lowest BCUT2D eigenvalue weighted by Crippen LogP contribution is -2.22.